The highest BCUT2D eigenvalue weighted by Crippen LogP contribution is 2.36. The van der Waals surface area contributed by atoms with E-state index in [1.54, 1.807) is 37.5 Å². The molecule has 0 N–H and O–H groups in total. The summed E-state index contributed by atoms with van der Waals surface area (Å²) < 4.78 is 32.4. The van der Waals surface area contributed by atoms with Crippen LogP contribution in [0.4, 0.5) is 4.39 Å². The van der Waals surface area contributed by atoms with E-state index in [2.05, 4.69) is 11.5 Å². The molecule has 0 radical (unpaired) electrons. The van der Waals surface area contributed by atoms with Gasteiger partial charge >= 0.3 is 0 Å². The Morgan fingerprint density at radius 3 is 2.68 bits per heavy atom. The number of ether oxygens (including phenoxy) is 3. The minimum absolute atomic E-state index is 0.160. The molecule has 0 saturated carbocycles. The zero-order valence-electron chi connectivity index (χ0n) is 18.6. The number of aromatic nitrogens is 1. The molecule has 4 aromatic rings. The molecule has 2 heterocycles. The summed E-state index contributed by atoms with van der Waals surface area (Å²) in [6, 6.07) is 15.1. The predicted molar refractivity (Wildman–Crippen MR) is 129 cm³/mol. The van der Waals surface area contributed by atoms with Gasteiger partial charge in [0.05, 0.1) is 17.7 Å². The summed E-state index contributed by atoms with van der Waals surface area (Å²) in [6.07, 6.45) is 3.76. The third kappa shape index (κ3) is 4.01. The van der Waals surface area contributed by atoms with Gasteiger partial charge in [-0.3, -0.25) is 4.79 Å². The van der Waals surface area contributed by atoms with Gasteiger partial charge in [-0.15, -0.1) is 0 Å². The number of methoxy groups -OCH3 is 1. The number of Topliss-reactive ketones (excluding diaryl/α,β-unsaturated/α-hetero) is 1. The number of benzene rings is 3. The number of rotatable bonds is 6. The molecule has 172 valence electrons. The number of halogens is 2. The average molecular weight is 478 g/mol. The van der Waals surface area contributed by atoms with Gasteiger partial charge in [-0.1, -0.05) is 17.7 Å². The third-order valence-corrected chi connectivity index (χ3v) is 6.15. The smallest absolute Gasteiger partial charge is 0.231 e. The molecule has 5 nitrogen and oxygen atoms in total. The van der Waals surface area contributed by atoms with Crippen molar-refractivity contribution in [2.45, 2.75) is 20.1 Å². The van der Waals surface area contributed by atoms with E-state index in [-0.39, 0.29) is 18.1 Å². The second-order valence-corrected chi connectivity index (χ2v) is 8.28. The molecule has 5 rings (SSSR count). The van der Waals surface area contributed by atoms with Crippen molar-refractivity contribution in [3.05, 3.63) is 94.1 Å². The molecule has 3 aromatic carbocycles. The van der Waals surface area contributed by atoms with Gasteiger partial charge in [-0.2, -0.15) is 0 Å². The Balaban J connectivity index is 1.41. The van der Waals surface area contributed by atoms with Gasteiger partial charge < -0.3 is 18.8 Å². The number of ketones is 1. The zero-order valence-corrected chi connectivity index (χ0v) is 19.4. The van der Waals surface area contributed by atoms with Crippen molar-refractivity contribution in [3.63, 3.8) is 0 Å². The Bertz CT molecular complexity index is 1460. The largest absolute Gasteiger partial charge is 0.497 e. The second kappa shape index (κ2) is 8.88. The summed E-state index contributed by atoms with van der Waals surface area (Å²) in [5.41, 5.74) is 3.04. The molecule has 0 aliphatic carbocycles. The maximum Gasteiger partial charge on any atom is 0.231 e. The predicted octanol–water partition coefficient (Wildman–Crippen LogP) is 6.66. The van der Waals surface area contributed by atoms with Crippen LogP contribution in [-0.4, -0.2) is 17.5 Å². The highest BCUT2D eigenvalue weighted by atomic mass is 35.5. The van der Waals surface area contributed by atoms with E-state index in [4.69, 9.17) is 25.8 Å². The Labute approximate surface area is 200 Å². The van der Waals surface area contributed by atoms with Crippen LogP contribution in [0.1, 0.15) is 28.4 Å². The SMILES string of the molecule is CCn1cc(C=C2Oc3cc(OCc4ccc(F)cc4Cl)ccc3C2=O)c2cc(OC)ccc21. The van der Waals surface area contributed by atoms with Crippen LogP contribution < -0.4 is 14.2 Å². The molecule has 0 atom stereocenters. The number of carbonyl (C=O) groups excluding carboxylic acids is 1. The zero-order chi connectivity index (χ0) is 23.8. The number of carbonyl (C=O) groups is 1. The Morgan fingerprint density at radius 2 is 1.91 bits per heavy atom. The van der Waals surface area contributed by atoms with Gasteiger partial charge in [0.1, 0.15) is 29.7 Å². The minimum Gasteiger partial charge on any atom is -0.497 e. The lowest BCUT2D eigenvalue weighted by atomic mass is 10.1. The molecule has 1 aliphatic heterocycles. The van der Waals surface area contributed by atoms with E-state index in [0.717, 1.165) is 28.8 Å². The molecular weight excluding hydrogens is 457 g/mol. The van der Waals surface area contributed by atoms with Crippen LogP contribution in [-0.2, 0) is 13.2 Å². The fraction of sp³-hybridized carbons (Fsp3) is 0.148. The fourth-order valence-corrected chi connectivity index (χ4v) is 4.23. The number of allylic oxidation sites excluding steroid dienone is 1. The molecule has 0 spiro atoms. The first-order chi connectivity index (χ1) is 16.5. The van der Waals surface area contributed by atoms with Crippen molar-refractivity contribution in [2.24, 2.45) is 0 Å². The number of hydrogen-bond donors (Lipinski definition) is 0. The number of fused-ring (bicyclic) bond motifs is 2. The highest BCUT2D eigenvalue weighted by Gasteiger charge is 2.28. The van der Waals surface area contributed by atoms with E-state index < -0.39 is 5.82 Å². The molecule has 7 heteroatoms. The van der Waals surface area contributed by atoms with Crippen LogP contribution in [0.5, 0.6) is 17.2 Å². The number of hydrogen-bond acceptors (Lipinski definition) is 4. The van der Waals surface area contributed by atoms with Gasteiger partial charge in [0.15, 0.2) is 5.76 Å². The Kier molecular flexibility index (Phi) is 5.75. The highest BCUT2D eigenvalue weighted by molar-refractivity contribution is 6.31. The lowest BCUT2D eigenvalue weighted by Crippen LogP contribution is -1.98. The maximum atomic E-state index is 13.2. The summed E-state index contributed by atoms with van der Waals surface area (Å²) in [6.45, 7) is 3.01. The lowest BCUT2D eigenvalue weighted by Gasteiger charge is -2.08. The van der Waals surface area contributed by atoms with Crippen LogP contribution in [0.2, 0.25) is 5.02 Å². The van der Waals surface area contributed by atoms with Gasteiger partial charge in [-0.05, 0) is 55.5 Å². The summed E-state index contributed by atoms with van der Waals surface area (Å²) in [4.78, 5) is 13.0. The fourth-order valence-electron chi connectivity index (χ4n) is 4.01. The summed E-state index contributed by atoms with van der Waals surface area (Å²) >= 11 is 6.07. The molecule has 0 bridgehead atoms. The van der Waals surface area contributed by atoms with Crippen LogP contribution in [0.3, 0.4) is 0 Å². The summed E-state index contributed by atoms with van der Waals surface area (Å²) in [5, 5.41) is 1.27. The van der Waals surface area contributed by atoms with Gasteiger partial charge in [0.2, 0.25) is 5.78 Å². The van der Waals surface area contributed by atoms with Crippen LogP contribution in [0.15, 0.2) is 66.6 Å². The quantitative estimate of drug-likeness (QED) is 0.291. The normalized spacial score (nSPS) is 13.9. The molecule has 1 aromatic heterocycles. The Morgan fingerprint density at radius 1 is 1.09 bits per heavy atom. The monoisotopic (exact) mass is 477 g/mol. The summed E-state index contributed by atoms with van der Waals surface area (Å²) in [7, 11) is 1.63. The first-order valence-electron chi connectivity index (χ1n) is 10.8. The number of aryl methyl sites for hydroxylation is 1. The maximum absolute atomic E-state index is 13.2. The Hall–Kier alpha value is -3.77. The van der Waals surface area contributed by atoms with Crippen molar-refractivity contribution in [2.75, 3.05) is 7.11 Å². The van der Waals surface area contributed by atoms with E-state index in [9.17, 15) is 9.18 Å². The second-order valence-electron chi connectivity index (χ2n) is 7.88. The molecule has 0 amide bonds. The van der Waals surface area contributed by atoms with Crippen molar-refractivity contribution in [1.29, 1.82) is 0 Å². The average Bonchev–Trinajstić information content (AvgIpc) is 3.34. The van der Waals surface area contributed by atoms with E-state index >= 15 is 0 Å². The van der Waals surface area contributed by atoms with Crippen molar-refractivity contribution < 1.29 is 23.4 Å². The van der Waals surface area contributed by atoms with Gasteiger partial charge in [0.25, 0.3) is 0 Å². The molecular formula is C27H21ClFNO4. The molecule has 0 saturated heterocycles. The van der Waals surface area contributed by atoms with Crippen molar-refractivity contribution in [1.82, 2.24) is 4.57 Å². The van der Waals surface area contributed by atoms with Crippen LogP contribution in [0.25, 0.3) is 17.0 Å². The van der Waals surface area contributed by atoms with Crippen molar-refractivity contribution in [3.8, 4) is 17.2 Å². The molecule has 0 fully saturated rings. The van der Waals surface area contributed by atoms with E-state index in [1.807, 2.05) is 24.4 Å². The van der Waals surface area contributed by atoms with Gasteiger partial charge in [0, 0.05) is 40.8 Å². The van der Waals surface area contributed by atoms with Gasteiger partial charge in [-0.25, -0.2) is 4.39 Å². The topological polar surface area (TPSA) is 49.7 Å². The minimum atomic E-state index is -0.405. The molecule has 1 aliphatic rings. The lowest BCUT2D eigenvalue weighted by molar-refractivity contribution is 0.101. The number of nitrogens with zero attached hydrogens (tertiary/aromatic N) is 1. The summed E-state index contributed by atoms with van der Waals surface area (Å²) in [5.74, 6) is 1.33. The van der Waals surface area contributed by atoms with Crippen LogP contribution in [0, 0.1) is 5.82 Å². The first-order valence-corrected chi connectivity index (χ1v) is 11.2. The molecule has 34 heavy (non-hydrogen) atoms. The molecule has 0 unspecified atom stereocenters. The third-order valence-electron chi connectivity index (χ3n) is 5.80. The van der Waals surface area contributed by atoms with Crippen molar-refractivity contribution >= 4 is 34.4 Å². The van der Waals surface area contributed by atoms with E-state index in [0.29, 0.717) is 27.6 Å². The van der Waals surface area contributed by atoms with E-state index in [1.165, 1.54) is 12.1 Å². The standard InChI is InChI=1S/C27H21ClFNO4/c1-3-30-14-17(22-12-19(32-2)7-9-24(22)30)10-26-27(31)21-8-6-20(13-25(21)34-26)33-15-16-4-5-18(29)11-23(16)28/h4-14H,3,15H2,1-2H3. The first kappa shape index (κ1) is 22.0. The van der Waals surface area contributed by atoms with Crippen LogP contribution >= 0.6 is 11.6 Å².